The quantitative estimate of drug-likeness (QED) is 0.495. The van der Waals surface area contributed by atoms with Crippen LogP contribution in [0.1, 0.15) is 29.3 Å². The molecule has 0 fully saturated rings. The molecule has 3 N–H and O–H groups in total. The number of carbonyl (C=O) groups excluding carboxylic acids is 1. The molecule has 1 aliphatic heterocycles. The topological polar surface area (TPSA) is 91.5 Å². The van der Waals surface area contributed by atoms with Crippen molar-refractivity contribution in [3.63, 3.8) is 0 Å². The van der Waals surface area contributed by atoms with E-state index in [9.17, 15) is 22.8 Å². The molecule has 10 heteroatoms. The van der Waals surface area contributed by atoms with Crippen molar-refractivity contribution in [2.75, 3.05) is 13.6 Å². The number of aromatic amines is 1. The number of hydrogen-bond donors (Lipinski definition) is 2. The molecule has 186 valence electrons. The SMILES string of the molecule is CN=C(C1=C(N)[C@H](C)N(C(=O)c2cc(F)cc(-c3cc[nH]c(=O)c3)c2Cl)CC1)c1cc(F)cc(F)c1. The Bertz CT molecular complexity index is 1460. The number of nitrogens with one attached hydrogen (secondary N) is 1. The summed E-state index contributed by atoms with van der Waals surface area (Å²) in [5.74, 6) is -2.74. The van der Waals surface area contributed by atoms with Crippen molar-refractivity contribution < 1.29 is 18.0 Å². The van der Waals surface area contributed by atoms with Gasteiger partial charge in [0.25, 0.3) is 5.91 Å². The Morgan fingerprint density at radius 3 is 2.42 bits per heavy atom. The van der Waals surface area contributed by atoms with Gasteiger partial charge in [-0.25, -0.2) is 13.2 Å². The number of amides is 1. The lowest BCUT2D eigenvalue weighted by Crippen LogP contribution is -2.46. The minimum atomic E-state index is -0.747. The van der Waals surface area contributed by atoms with Crippen molar-refractivity contribution in [2.24, 2.45) is 10.7 Å². The van der Waals surface area contributed by atoms with Gasteiger partial charge in [0, 0.05) is 54.3 Å². The van der Waals surface area contributed by atoms with Crippen LogP contribution in [0.2, 0.25) is 5.02 Å². The van der Waals surface area contributed by atoms with Gasteiger partial charge in [-0.15, -0.1) is 0 Å². The lowest BCUT2D eigenvalue weighted by atomic mass is 9.91. The van der Waals surface area contributed by atoms with Gasteiger partial charge in [-0.05, 0) is 49.2 Å². The van der Waals surface area contributed by atoms with Gasteiger partial charge in [0.05, 0.1) is 22.3 Å². The van der Waals surface area contributed by atoms with Gasteiger partial charge >= 0.3 is 0 Å². The summed E-state index contributed by atoms with van der Waals surface area (Å²) in [5.41, 5.74) is 7.89. The number of aliphatic imine (C=N–C) groups is 1. The summed E-state index contributed by atoms with van der Waals surface area (Å²) in [6.07, 6.45) is 1.65. The molecule has 1 aliphatic rings. The largest absolute Gasteiger partial charge is 0.400 e. The average Bonchev–Trinajstić information content (AvgIpc) is 2.82. The fraction of sp³-hybridized carbons (Fsp3) is 0.192. The number of carbonyl (C=O) groups is 1. The number of pyridine rings is 1. The first-order chi connectivity index (χ1) is 17.1. The van der Waals surface area contributed by atoms with E-state index in [4.69, 9.17) is 17.3 Å². The van der Waals surface area contributed by atoms with Gasteiger partial charge in [-0.2, -0.15) is 0 Å². The van der Waals surface area contributed by atoms with Crippen LogP contribution >= 0.6 is 11.6 Å². The van der Waals surface area contributed by atoms with E-state index in [0.29, 0.717) is 22.5 Å². The van der Waals surface area contributed by atoms with Crippen LogP contribution in [0, 0.1) is 17.5 Å². The lowest BCUT2D eigenvalue weighted by molar-refractivity contribution is 0.0706. The Morgan fingerprint density at radius 2 is 1.78 bits per heavy atom. The van der Waals surface area contributed by atoms with Crippen LogP contribution in [-0.2, 0) is 0 Å². The van der Waals surface area contributed by atoms with E-state index in [2.05, 4.69) is 9.98 Å². The van der Waals surface area contributed by atoms with Gasteiger partial charge in [0.15, 0.2) is 0 Å². The highest BCUT2D eigenvalue weighted by molar-refractivity contribution is 6.36. The normalized spacial score (nSPS) is 16.4. The molecule has 0 spiro atoms. The van der Waals surface area contributed by atoms with E-state index >= 15 is 0 Å². The van der Waals surface area contributed by atoms with Crippen molar-refractivity contribution in [1.82, 2.24) is 9.88 Å². The third-order valence-corrected chi connectivity index (χ3v) is 6.54. The predicted octanol–water partition coefficient (Wildman–Crippen LogP) is 4.68. The van der Waals surface area contributed by atoms with Gasteiger partial charge in [0.2, 0.25) is 5.56 Å². The Kier molecular flexibility index (Phi) is 7.03. The fourth-order valence-corrected chi connectivity index (χ4v) is 4.67. The number of nitrogens with zero attached hydrogens (tertiary/aromatic N) is 2. The van der Waals surface area contributed by atoms with Crippen molar-refractivity contribution in [3.8, 4) is 11.1 Å². The van der Waals surface area contributed by atoms with E-state index in [1.807, 2.05) is 0 Å². The van der Waals surface area contributed by atoms with E-state index in [1.54, 1.807) is 13.0 Å². The van der Waals surface area contributed by atoms with Crippen molar-refractivity contribution >= 4 is 23.2 Å². The fourth-order valence-electron chi connectivity index (χ4n) is 4.37. The van der Waals surface area contributed by atoms with Crippen molar-refractivity contribution in [2.45, 2.75) is 19.4 Å². The number of H-pyrrole nitrogens is 1. The second kappa shape index (κ2) is 10.0. The number of benzene rings is 2. The second-order valence-corrected chi connectivity index (χ2v) is 8.72. The van der Waals surface area contributed by atoms with E-state index in [-0.39, 0.29) is 34.7 Å². The van der Waals surface area contributed by atoms with Crippen molar-refractivity contribution in [3.05, 3.63) is 104 Å². The van der Waals surface area contributed by atoms with Crippen LogP contribution in [0.5, 0.6) is 0 Å². The summed E-state index contributed by atoms with van der Waals surface area (Å²) in [5, 5.41) is -0.00130. The smallest absolute Gasteiger partial charge is 0.256 e. The maximum Gasteiger partial charge on any atom is 0.256 e. The molecule has 0 unspecified atom stereocenters. The van der Waals surface area contributed by atoms with E-state index < -0.39 is 35.0 Å². The molecule has 4 rings (SSSR count). The lowest BCUT2D eigenvalue weighted by Gasteiger charge is -2.36. The highest BCUT2D eigenvalue weighted by Crippen LogP contribution is 2.34. The minimum absolute atomic E-state index is 0.00130. The first kappa shape index (κ1) is 25.2. The molecule has 0 bridgehead atoms. The van der Waals surface area contributed by atoms with E-state index in [0.717, 1.165) is 30.3 Å². The van der Waals surface area contributed by atoms with Crippen molar-refractivity contribution in [1.29, 1.82) is 0 Å². The highest BCUT2D eigenvalue weighted by Gasteiger charge is 2.32. The zero-order valence-electron chi connectivity index (χ0n) is 19.4. The molecule has 1 aromatic heterocycles. The molecule has 3 aromatic rings. The Morgan fingerprint density at radius 1 is 1.11 bits per heavy atom. The predicted molar refractivity (Wildman–Crippen MR) is 133 cm³/mol. The number of hydrogen-bond acceptors (Lipinski definition) is 4. The first-order valence-electron chi connectivity index (χ1n) is 11.0. The first-order valence-corrected chi connectivity index (χ1v) is 11.4. The molecular weight excluding hydrogens is 493 g/mol. The summed E-state index contributed by atoms with van der Waals surface area (Å²) in [7, 11) is 1.49. The zero-order valence-corrected chi connectivity index (χ0v) is 20.2. The average molecular weight is 515 g/mol. The number of nitrogens with two attached hydrogens (primary N) is 1. The Balaban J connectivity index is 1.70. The Labute approximate surface area is 209 Å². The summed E-state index contributed by atoms with van der Waals surface area (Å²) in [6, 6.07) is 7.45. The van der Waals surface area contributed by atoms with Crippen LogP contribution < -0.4 is 11.3 Å². The number of aromatic nitrogens is 1. The Hall–Kier alpha value is -3.85. The van der Waals surface area contributed by atoms with Crippen LogP contribution in [-0.4, -0.2) is 41.1 Å². The molecule has 2 heterocycles. The summed E-state index contributed by atoms with van der Waals surface area (Å²) in [6.45, 7) is 1.87. The second-order valence-electron chi connectivity index (χ2n) is 8.35. The molecule has 6 nitrogen and oxygen atoms in total. The molecule has 2 aromatic carbocycles. The van der Waals surface area contributed by atoms with Crippen LogP contribution in [0.3, 0.4) is 0 Å². The standard InChI is InChI=1S/C26H22ClF3N4O2/c1-13-24(31)19(25(32-2)15-7-16(28)10-17(29)8-15)4-6-34(13)26(36)21-12-18(30)11-20(23(21)27)14-3-5-33-22(35)9-14/h3,5,7-13H,4,6,31H2,1-2H3,(H,33,35)/t13-/m0/s1. The summed E-state index contributed by atoms with van der Waals surface area (Å²) < 4.78 is 42.2. The molecule has 0 saturated heterocycles. The third-order valence-electron chi connectivity index (χ3n) is 6.13. The minimum Gasteiger partial charge on any atom is -0.400 e. The van der Waals surface area contributed by atoms with Gasteiger partial charge in [-0.1, -0.05) is 11.6 Å². The monoisotopic (exact) mass is 514 g/mol. The summed E-state index contributed by atoms with van der Waals surface area (Å²) >= 11 is 6.52. The zero-order chi connectivity index (χ0) is 26.1. The van der Waals surface area contributed by atoms with E-state index in [1.165, 1.54) is 24.2 Å². The molecule has 36 heavy (non-hydrogen) atoms. The maximum atomic E-state index is 14.5. The molecule has 1 amide bonds. The molecule has 1 atom stereocenters. The highest BCUT2D eigenvalue weighted by atomic mass is 35.5. The maximum absolute atomic E-state index is 14.5. The number of rotatable bonds is 4. The summed E-state index contributed by atoms with van der Waals surface area (Å²) in [4.78, 5) is 33.3. The van der Waals surface area contributed by atoms with Crippen LogP contribution in [0.25, 0.3) is 11.1 Å². The van der Waals surface area contributed by atoms with Gasteiger partial charge in [0.1, 0.15) is 17.5 Å². The van der Waals surface area contributed by atoms with Gasteiger partial charge in [-0.3, -0.25) is 14.6 Å². The molecule has 0 aliphatic carbocycles. The van der Waals surface area contributed by atoms with Gasteiger partial charge < -0.3 is 15.6 Å². The molecule has 0 radical (unpaired) electrons. The molecular formula is C26H22ClF3N4O2. The van der Waals surface area contributed by atoms with Crippen LogP contribution in [0.4, 0.5) is 13.2 Å². The molecule has 0 saturated carbocycles. The third kappa shape index (κ3) is 4.79. The number of halogens is 4. The van der Waals surface area contributed by atoms with Crippen LogP contribution in [0.15, 0.2) is 69.7 Å².